The number of amides is 1. The van der Waals surface area contributed by atoms with Crippen LogP contribution in [0.2, 0.25) is 0 Å². The number of nitrogens with zero attached hydrogens (tertiary/aromatic N) is 5. The number of aromatic amines is 2. The first-order valence-corrected chi connectivity index (χ1v) is 11.7. The summed E-state index contributed by atoms with van der Waals surface area (Å²) >= 11 is 0. The van der Waals surface area contributed by atoms with E-state index in [0.29, 0.717) is 5.69 Å². The van der Waals surface area contributed by atoms with Crippen molar-refractivity contribution in [2.45, 2.75) is 12.8 Å². The number of aromatic nitrogens is 7. The molecule has 0 atom stereocenters. The Balaban J connectivity index is 1.28. The van der Waals surface area contributed by atoms with Crippen molar-refractivity contribution in [3.8, 4) is 33.9 Å². The molecule has 0 aliphatic heterocycles. The molecule has 7 rings (SSSR count). The lowest BCUT2D eigenvalue weighted by molar-refractivity contribution is -0.117. The molecule has 0 radical (unpaired) electrons. The van der Waals surface area contributed by atoms with E-state index in [0.717, 1.165) is 68.6 Å². The third kappa shape index (κ3) is 3.58. The Morgan fingerprint density at radius 3 is 2.67 bits per heavy atom. The highest BCUT2D eigenvalue weighted by Crippen LogP contribution is 2.34. The molecule has 36 heavy (non-hydrogen) atoms. The van der Waals surface area contributed by atoms with Crippen molar-refractivity contribution in [3.63, 3.8) is 0 Å². The minimum atomic E-state index is 0.0489. The lowest BCUT2D eigenvalue weighted by atomic mass is 10.1. The van der Waals surface area contributed by atoms with Crippen molar-refractivity contribution < 1.29 is 4.79 Å². The van der Waals surface area contributed by atoms with Gasteiger partial charge < -0.3 is 10.3 Å². The van der Waals surface area contributed by atoms with Crippen LogP contribution in [0.4, 0.5) is 5.69 Å². The number of carbonyl (C=O) groups excluding carboxylic acids is 1. The molecule has 6 aromatic rings. The van der Waals surface area contributed by atoms with E-state index >= 15 is 0 Å². The van der Waals surface area contributed by atoms with Gasteiger partial charge in [-0.2, -0.15) is 5.10 Å². The van der Waals surface area contributed by atoms with Gasteiger partial charge in [-0.15, -0.1) is 0 Å². The number of hydrogen-bond donors (Lipinski definition) is 3. The summed E-state index contributed by atoms with van der Waals surface area (Å²) < 4.78 is 0. The van der Waals surface area contributed by atoms with E-state index in [2.05, 4.69) is 46.5 Å². The molecular formula is C27H20N8O. The number of pyridine rings is 4. The van der Waals surface area contributed by atoms with Crippen LogP contribution in [-0.4, -0.2) is 41.0 Å². The highest BCUT2D eigenvalue weighted by Gasteiger charge is 2.29. The zero-order valence-electron chi connectivity index (χ0n) is 19.1. The van der Waals surface area contributed by atoms with Gasteiger partial charge in [0, 0.05) is 46.4 Å². The molecule has 1 aliphatic rings. The maximum Gasteiger partial charge on any atom is 0.227 e. The fraction of sp³-hybridized carbons (Fsp3) is 0.111. The highest BCUT2D eigenvalue weighted by molar-refractivity contribution is 6.00. The Morgan fingerprint density at radius 2 is 1.81 bits per heavy atom. The Labute approximate surface area is 205 Å². The molecule has 1 aliphatic carbocycles. The number of fused-ring (bicyclic) bond motifs is 2. The van der Waals surface area contributed by atoms with Crippen LogP contribution in [0.25, 0.3) is 55.7 Å². The van der Waals surface area contributed by atoms with Crippen molar-refractivity contribution in [1.82, 2.24) is 35.1 Å². The quantitative estimate of drug-likeness (QED) is 0.325. The van der Waals surface area contributed by atoms with Crippen molar-refractivity contribution in [2.24, 2.45) is 5.92 Å². The van der Waals surface area contributed by atoms with Crippen LogP contribution in [0, 0.1) is 5.92 Å². The molecule has 0 spiro atoms. The summed E-state index contributed by atoms with van der Waals surface area (Å²) in [6.07, 6.45) is 12.5. The third-order valence-corrected chi connectivity index (χ3v) is 6.44. The Bertz CT molecular complexity index is 1750. The molecule has 0 saturated heterocycles. The number of nitrogens with one attached hydrogen (secondary N) is 3. The van der Waals surface area contributed by atoms with Crippen molar-refractivity contribution in [1.29, 1.82) is 0 Å². The minimum Gasteiger partial charge on any atom is -0.352 e. The van der Waals surface area contributed by atoms with Gasteiger partial charge in [0.2, 0.25) is 5.91 Å². The minimum absolute atomic E-state index is 0.0489. The normalized spacial score (nSPS) is 13.3. The second-order valence-electron chi connectivity index (χ2n) is 8.96. The molecule has 1 saturated carbocycles. The molecule has 0 bridgehead atoms. The summed E-state index contributed by atoms with van der Waals surface area (Å²) in [6, 6.07) is 11.8. The van der Waals surface area contributed by atoms with Gasteiger partial charge in [0.25, 0.3) is 0 Å². The first-order valence-electron chi connectivity index (χ1n) is 11.7. The molecule has 174 valence electrons. The first-order chi connectivity index (χ1) is 17.7. The summed E-state index contributed by atoms with van der Waals surface area (Å²) in [5.41, 5.74) is 7.41. The van der Waals surface area contributed by atoms with Gasteiger partial charge in [-0.3, -0.25) is 29.8 Å². The van der Waals surface area contributed by atoms with E-state index in [1.165, 1.54) is 0 Å². The van der Waals surface area contributed by atoms with E-state index in [1.807, 2.05) is 36.5 Å². The summed E-state index contributed by atoms with van der Waals surface area (Å²) in [7, 11) is 0. The summed E-state index contributed by atoms with van der Waals surface area (Å²) in [5.74, 6) is 0.175. The first kappa shape index (κ1) is 20.5. The van der Waals surface area contributed by atoms with Crippen molar-refractivity contribution in [3.05, 3.63) is 73.6 Å². The van der Waals surface area contributed by atoms with Gasteiger partial charge in [0.1, 0.15) is 5.69 Å². The molecule has 0 aromatic carbocycles. The Hall–Kier alpha value is -4.92. The standard InChI is InChI=1S/C27H20N8O/c36-27(15-4-5-15)32-17-7-16(10-28-11-17)22-9-19-25(14-31-22)34-35-26(19)23-8-18-20(12-29-13-24(18)33-23)21-3-1-2-6-30-21/h1-3,6-15,33H,4-5H2,(H,32,36)(H,34,35). The predicted octanol–water partition coefficient (Wildman–Crippen LogP) is 4.97. The van der Waals surface area contributed by atoms with Gasteiger partial charge in [-0.05, 0) is 43.2 Å². The fourth-order valence-corrected chi connectivity index (χ4v) is 4.42. The molecule has 9 nitrogen and oxygen atoms in total. The summed E-state index contributed by atoms with van der Waals surface area (Å²) in [5, 5.41) is 12.6. The Morgan fingerprint density at radius 1 is 0.889 bits per heavy atom. The number of hydrogen-bond acceptors (Lipinski definition) is 6. The maximum atomic E-state index is 12.2. The van der Waals surface area contributed by atoms with Crippen LogP contribution in [-0.2, 0) is 4.79 Å². The molecule has 3 N–H and O–H groups in total. The number of carbonyl (C=O) groups is 1. The average Bonchev–Trinajstić information content (AvgIpc) is 3.55. The number of anilines is 1. The van der Waals surface area contributed by atoms with Crippen molar-refractivity contribution >= 4 is 33.4 Å². The van der Waals surface area contributed by atoms with Crippen LogP contribution in [0.15, 0.2) is 73.6 Å². The van der Waals surface area contributed by atoms with E-state index in [1.54, 1.807) is 31.0 Å². The molecule has 6 heterocycles. The predicted molar refractivity (Wildman–Crippen MR) is 137 cm³/mol. The van der Waals surface area contributed by atoms with E-state index in [9.17, 15) is 4.79 Å². The summed E-state index contributed by atoms with van der Waals surface area (Å²) in [4.78, 5) is 33.4. The van der Waals surface area contributed by atoms with Gasteiger partial charge in [0.15, 0.2) is 0 Å². The SMILES string of the molecule is O=C(Nc1cncc(-c2cc3c(-c4cc5c(-c6ccccn6)cncc5[nH]4)n[nH]c3cn2)c1)C1CC1. The van der Waals surface area contributed by atoms with E-state index in [-0.39, 0.29) is 11.8 Å². The van der Waals surface area contributed by atoms with Gasteiger partial charge in [-0.1, -0.05) is 6.07 Å². The number of rotatable bonds is 5. The van der Waals surface area contributed by atoms with Gasteiger partial charge in [-0.25, -0.2) is 0 Å². The maximum absolute atomic E-state index is 12.2. The topological polar surface area (TPSA) is 125 Å². The third-order valence-electron chi connectivity index (χ3n) is 6.44. The lowest BCUT2D eigenvalue weighted by Crippen LogP contribution is -2.13. The number of H-pyrrole nitrogens is 2. The van der Waals surface area contributed by atoms with Gasteiger partial charge >= 0.3 is 0 Å². The second kappa shape index (κ2) is 8.09. The molecular weight excluding hydrogens is 452 g/mol. The molecule has 9 heteroatoms. The zero-order chi connectivity index (χ0) is 24.1. The average molecular weight is 473 g/mol. The fourth-order valence-electron chi connectivity index (χ4n) is 4.42. The molecule has 6 aromatic heterocycles. The second-order valence-corrected chi connectivity index (χ2v) is 8.96. The van der Waals surface area contributed by atoms with Crippen molar-refractivity contribution in [2.75, 3.05) is 5.32 Å². The Kier molecular flexibility index (Phi) is 4.60. The van der Waals surface area contributed by atoms with Crippen LogP contribution in [0.5, 0.6) is 0 Å². The molecule has 0 unspecified atom stereocenters. The summed E-state index contributed by atoms with van der Waals surface area (Å²) in [6.45, 7) is 0. The van der Waals surface area contributed by atoms with Gasteiger partial charge in [0.05, 0.1) is 52.4 Å². The van der Waals surface area contributed by atoms with Crippen LogP contribution in [0.1, 0.15) is 12.8 Å². The van der Waals surface area contributed by atoms with Crippen LogP contribution in [0.3, 0.4) is 0 Å². The molecule has 1 fully saturated rings. The smallest absolute Gasteiger partial charge is 0.227 e. The lowest BCUT2D eigenvalue weighted by Gasteiger charge is -2.06. The zero-order valence-corrected chi connectivity index (χ0v) is 19.1. The van der Waals surface area contributed by atoms with Crippen LogP contribution < -0.4 is 5.32 Å². The molecule has 1 amide bonds. The van der Waals surface area contributed by atoms with E-state index < -0.39 is 0 Å². The van der Waals surface area contributed by atoms with Crippen LogP contribution >= 0.6 is 0 Å². The highest BCUT2D eigenvalue weighted by atomic mass is 16.2. The monoisotopic (exact) mass is 472 g/mol. The largest absolute Gasteiger partial charge is 0.352 e. The van der Waals surface area contributed by atoms with E-state index in [4.69, 9.17) is 0 Å².